The van der Waals surface area contributed by atoms with Gasteiger partial charge >= 0.3 is 0 Å². The summed E-state index contributed by atoms with van der Waals surface area (Å²) in [6.45, 7) is 7.05. The van der Waals surface area contributed by atoms with Crippen molar-refractivity contribution in [1.82, 2.24) is 10.6 Å². The average Bonchev–Trinajstić information content (AvgIpc) is 2.94. The molecule has 0 aliphatic carbocycles. The zero-order valence-electron chi connectivity index (χ0n) is 13.8. The van der Waals surface area contributed by atoms with E-state index < -0.39 is 0 Å². The average molecular weight is 319 g/mol. The summed E-state index contributed by atoms with van der Waals surface area (Å²) >= 11 is 0. The third kappa shape index (κ3) is 4.45. The number of benzene rings is 1. The molecule has 1 unspecified atom stereocenters. The van der Waals surface area contributed by atoms with Crippen LogP contribution in [0.25, 0.3) is 0 Å². The minimum Gasteiger partial charge on any atom is -0.492 e. The van der Waals surface area contributed by atoms with Crippen molar-refractivity contribution in [3.05, 3.63) is 24.3 Å². The number of anilines is 1. The summed E-state index contributed by atoms with van der Waals surface area (Å²) in [6, 6.07) is 7.44. The number of para-hydroxylation sites is 2. The van der Waals surface area contributed by atoms with Crippen LogP contribution in [-0.2, 0) is 9.59 Å². The van der Waals surface area contributed by atoms with E-state index in [1.54, 1.807) is 4.90 Å². The lowest BCUT2D eigenvalue weighted by atomic mass is 10.1. The number of nitrogens with zero attached hydrogens (tertiary/aromatic N) is 1. The molecule has 1 aliphatic rings. The maximum absolute atomic E-state index is 12.3. The number of likely N-dealkylation sites (N-methyl/N-ethyl adjacent to an activating group) is 1. The Bertz CT molecular complexity index is 548. The van der Waals surface area contributed by atoms with Crippen LogP contribution in [0.2, 0.25) is 0 Å². The molecule has 2 amide bonds. The Morgan fingerprint density at radius 2 is 2.09 bits per heavy atom. The van der Waals surface area contributed by atoms with Crippen LogP contribution in [0.5, 0.6) is 5.75 Å². The Hall–Kier alpha value is -2.08. The highest BCUT2D eigenvalue weighted by Crippen LogP contribution is 2.33. The summed E-state index contributed by atoms with van der Waals surface area (Å²) in [5, 5.41) is 6.03. The molecule has 0 radical (unpaired) electrons. The van der Waals surface area contributed by atoms with Gasteiger partial charge in [0.05, 0.1) is 18.2 Å². The number of ether oxygens (including phenoxy) is 1. The van der Waals surface area contributed by atoms with Crippen LogP contribution in [0.4, 0.5) is 5.69 Å². The van der Waals surface area contributed by atoms with Crippen molar-refractivity contribution in [3.8, 4) is 5.75 Å². The van der Waals surface area contributed by atoms with Crippen molar-refractivity contribution < 1.29 is 14.3 Å². The zero-order valence-corrected chi connectivity index (χ0v) is 13.8. The number of carbonyl (C=O) groups is 2. The highest BCUT2D eigenvalue weighted by molar-refractivity contribution is 6.01. The van der Waals surface area contributed by atoms with Crippen LogP contribution in [-0.4, -0.2) is 44.6 Å². The number of carbonyl (C=O) groups excluding carboxylic acids is 2. The third-order valence-electron chi connectivity index (χ3n) is 3.80. The van der Waals surface area contributed by atoms with Gasteiger partial charge in [-0.1, -0.05) is 19.1 Å². The highest BCUT2D eigenvalue weighted by atomic mass is 16.5. The monoisotopic (exact) mass is 319 g/mol. The number of amides is 2. The Morgan fingerprint density at radius 1 is 1.30 bits per heavy atom. The SMILES string of the molecule is CCNCCNC(=O)C1CC(=O)N(c2ccccc2OCC)C1. The Balaban J connectivity index is 1.98. The highest BCUT2D eigenvalue weighted by Gasteiger charge is 2.36. The van der Waals surface area contributed by atoms with Crippen LogP contribution in [0, 0.1) is 5.92 Å². The Labute approximate surface area is 137 Å². The van der Waals surface area contributed by atoms with E-state index in [1.165, 1.54) is 0 Å². The molecule has 1 aliphatic heterocycles. The van der Waals surface area contributed by atoms with Gasteiger partial charge in [0.1, 0.15) is 5.75 Å². The minimum absolute atomic E-state index is 0.0380. The maximum atomic E-state index is 12.3. The van der Waals surface area contributed by atoms with Crippen molar-refractivity contribution in [2.45, 2.75) is 20.3 Å². The molecule has 1 saturated heterocycles. The molecule has 6 heteroatoms. The predicted molar refractivity (Wildman–Crippen MR) is 89.6 cm³/mol. The normalized spacial score (nSPS) is 17.4. The molecule has 0 saturated carbocycles. The number of rotatable bonds is 8. The Morgan fingerprint density at radius 3 is 2.83 bits per heavy atom. The van der Waals surface area contributed by atoms with Gasteiger partial charge < -0.3 is 20.3 Å². The molecule has 6 nitrogen and oxygen atoms in total. The number of hydrogen-bond acceptors (Lipinski definition) is 4. The maximum Gasteiger partial charge on any atom is 0.227 e. The second-order valence-electron chi connectivity index (χ2n) is 5.45. The first-order valence-electron chi connectivity index (χ1n) is 8.18. The van der Waals surface area contributed by atoms with E-state index in [0.717, 1.165) is 18.8 Å². The lowest BCUT2D eigenvalue weighted by molar-refractivity contribution is -0.126. The van der Waals surface area contributed by atoms with E-state index in [0.29, 0.717) is 25.4 Å². The fourth-order valence-electron chi connectivity index (χ4n) is 2.67. The van der Waals surface area contributed by atoms with Gasteiger partial charge in [-0.2, -0.15) is 0 Å². The molecule has 1 aromatic rings. The van der Waals surface area contributed by atoms with Crippen LogP contribution in [0.1, 0.15) is 20.3 Å². The molecule has 0 aromatic heterocycles. The fraction of sp³-hybridized carbons (Fsp3) is 0.529. The van der Waals surface area contributed by atoms with Gasteiger partial charge in [-0.15, -0.1) is 0 Å². The van der Waals surface area contributed by atoms with Gasteiger partial charge in [-0.05, 0) is 25.6 Å². The van der Waals surface area contributed by atoms with Crippen molar-refractivity contribution in [2.24, 2.45) is 5.92 Å². The van der Waals surface area contributed by atoms with Crippen LogP contribution >= 0.6 is 0 Å². The standard InChI is InChI=1S/C17H25N3O3/c1-3-18-9-10-19-17(22)13-11-16(21)20(12-13)14-7-5-6-8-15(14)23-4-2/h5-8,13,18H,3-4,9-12H2,1-2H3,(H,19,22). The van der Waals surface area contributed by atoms with E-state index in [1.807, 2.05) is 38.1 Å². The third-order valence-corrected chi connectivity index (χ3v) is 3.80. The van der Waals surface area contributed by atoms with Gasteiger partial charge in [0, 0.05) is 26.1 Å². The van der Waals surface area contributed by atoms with Gasteiger partial charge in [-0.25, -0.2) is 0 Å². The van der Waals surface area contributed by atoms with Crippen LogP contribution in [0.15, 0.2) is 24.3 Å². The van der Waals surface area contributed by atoms with Gasteiger partial charge in [0.2, 0.25) is 11.8 Å². The molecule has 1 heterocycles. The largest absolute Gasteiger partial charge is 0.492 e. The molecule has 1 fully saturated rings. The molecular formula is C17H25N3O3. The first-order valence-corrected chi connectivity index (χ1v) is 8.18. The van der Waals surface area contributed by atoms with E-state index in [-0.39, 0.29) is 24.2 Å². The summed E-state index contributed by atoms with van der Waals surface area (Å²) in [4.78, 5) is 26.1. The zero-order chi connectivity index (χ0) is 16.7. The quantitative estimate of drug-likeness (QED) is 0.706. The van der Waals surface area contributed by atoms with Crippen LogP contribution in [0.3, 0.4) is 0 Å². The predicted octanol–water partition coefficient (Wildman–Crippen LogP) is 1.16. The summed E-state index contributed by atoms with van der Waals surface area (Å²) in [5.74, 6) is 0.270. The van der Waals surface area contributed by atoms with Crippen molar-refractivity contribution in [1.29, 1.82) is 0 Å². The molecule has 1 atom stereocenters. The lowest BCUT2D eigenvalue weighted by Crippen LogP contribution is -2.37. The van der Waals surface area contributed by atoms with E-state index in [4.69, 9.17) is 4.74 Å². The summed E-state index contributed by atoms with van der Waals surface area (Å²) in [7, 11) is 0. The molecule has 0 bridgehead atoms. The van der Waals surface area contributed by atoms with Crippen molar-refractivity contribution in [3.63, 3.8) is 0 Å². The fourth-order valence-corrected chi connectivity index (χ4v) is 2.67. The molecular weight excluding hydrogens is 294 g/mol. The second kappa shape index (κ2) is 8.53. The number of nitrogens with one attached hydrogen (secondary N) is 2. The number of hydrogen-bond donors (Lipinski definition) is 2. The first-order chi connectivity index (χ1) is 11.2. The molecule has 2 N–H and O–H groups in total. The molecule has 1 aromatic carbocycles. The second-order valence-corrected chi connectivity index (χ2v) is 5.45. The van der Waals surface area contributed by atoms with Crippen molar-refractivity contribution >= 4 is 17.5 Å². The van der Waals surface area contributed by atoms with Gasteiger partial charge in [0.15, 0.2) is 0 Å². The first kappa shape index (κ1) is 17.3. The molecule has 2 rings (SSSR count). The Kier molecular flexibility index (Phi) is 6.40. The van der Waals surface area contributed by atoms with Gasteiger partial charge in [0.25, 0.3) is 0 Å². The van der Waals surface area contributed by atoms with Crippen molar-refractivity contribution in [2.75, 3.05) is 37.7 Å². The summed E-state index contributed by atoms with van der Waals surface area (Å²) in [5.41, 5.74) is 0.738. The van der Waals surface area contributed by atoms with E-state index >= 15 is 0 Å². The minimum atomic E-state index is -0.307. The summed E-state index contributed by atoms with van der Waals surface area (Å²) < 4.78 is 5.58. The lowest BCUT2D eigenvalue weighted by Gasteiger charge is -2.20. The molecule has 126 valence electrons. The molecule has 0 spiro atoms. The molecule has 23 heavy (non-hydrogen) atoms. The van der Waals surface area contributed by atoms with Crippen LogP contribution < -0.4 is 20.3 Å². The smallest absolute Gasteiger partial charge is 0.227 e. The van der Waals surface area contributed by atoms with Gasteiger partial charge in [-0.3, -0.25) is 9.59 Å². The topological polar surface area (TPSA) is 70.7 Å². The summed E-state index contributed by atoms with van der Waals surface area (Å²) in [6.07, 6.45) is 0.244. The van der Waals surface area contributed by atoms with E-state index in [2.05, 4.69) is 10.6 Å². The van der Waals surface area contributed by atoms with E-state index in [9.17, 15) is 9.59 Å².